The van der Waals surface area contributed by atoms with E-state index in [4.69, 9.17) is 17.3 Å². The van der Waals surface area contributed by atoms with Crippen molar-refractivity contribution in [3.63, 3.8) is 0 Å². The molecule has 0 aliphatic rings. The van der Waals surface area contributed by atoms with E-state index in [0.29, 0.717) is 5.02 Å². The lowest BCUT2D eigenvalue weighted by atomic mass is 10.1. The molecule has 2 N–H and O–H groups in total. The first-order valence-corrected chi connectivity index (χ1v) is 5.81. The summed E-state index contributed by atoms with van der Waals surface area (Å²) in [5, 5.41) is 0.704. The van der Waals surface area contributed by atoms with E-state index in [0.717, 1.165) is 30.9 Å². The van der Waals surface area contributed by atoms with Gasteiger partial charge in [0.2, 0.25) is 0 Å². The fourth-order valence-electron chi connectivity index (χ4n) is 1.62. The second-order valence-electron chi connectivity index (χ2n) is 3.71. The number of benzene rings is 1. The van der Waals surface area contributed by atoms with E-state index >= 15 is 0 Å². The number of halogens is 1. The summed E-state index contributed by atoms with van der Waals surface area (Å²) in [5.74, 6) is 0. The second-order valence-corrected chi connectivity index (χ2v) is 4.15. The van der Waals surface area contributed by atoms with Crippen LogP contribution in [-0.2, 0) is 6.54 Å². The van der Waals surface area contributed by atoms with Crippen LogP contribution >= 0.6 is 11.6 Å². The minimum atomic E-state index is 0.704. The van der Waals surface area contributed by atoms with E-state index in [9.17, 15) is 0 Å². The molecule has 0 aromatic heterocycles. The Bertz CT molecular complexity index is 312. The number of nitrogens with two attached hydrogens (primary N) is 1. The van der Waals surface area contributed by atoms with Crippen molar-refractivity contribution in [2.75, 3.05) is 18.8 Å². The van der Waals surface area contributed by atoms with Crippen LogP contribution in [0.25, 0.3) is 0 Å². The van der Waals surface area contributed by atoms with Gasteiger partial charge in [0.25, 0.3) is 0 Å². The van der Waals surface area contributed by atoms with Crippen LogP contribution in [0.3, 0.4) is 0 Å². The molecular formula is C12H19ClN2. The van der Waals surface area contributed by atoms with Crippen molar-refractivity contribution in [2.45, 2.75) is 26.8 Å². The Morgan fingerprint density at radius 1 is 1.33 bits per heavy atom. The average molecular weight is 227 g/mol. The zero-order valence-electron chi connectivity index (χ0n) is 9.46. The molecule has 1 aromatic carbocycles. The van der Waals surface area contributed by atoms with E-state index in [1.165, 1.54) is 6.42 Å². The van der Waals surface area contributed by atoms with Crippen LogP contribution in [-0.4, -0.2) is 18.0 Å². The number of nitrogen functional groups attached to an aromatic ring is 1. The highest BCUT2D eigenvalue weighted by molar-refractivity contribution is 6.30. The summed E-state index contributed by atoms with van der Waals surface area (Å²) >= 11 is 5.85. The quantitative estimate of drug-likeness (QED) is 0.782. The highest BCUT2D eigenvalue weighted by atomic mass is 35.5. The predicted molar refractivity (Wildman–Crippen MR) is 67.1 cm³/mol. The smallest absolute Gasteiger partial charge is 0.0426 e. The van der Waals surface area contributed by atoms with Crippen LogP contribution in [0.5, 0.6) is 0 Å². The van der Waals surface area contributed by atoms with Crippen molar-refractivity contribution in [2.24, 2.45) is 0 Å². The van der Waals surface area contributed by atoms with Crippen LogP contribution in [0.2, 0.25) is 5.02 Å². The number of hydrogen-bond acceptors (Lipinski definition) is 2. The summed E-state index contributed by atoms with van der Waals surface area (Å²) in [6, 6.07) is 5.72. The number of rotatable bonds is 5. The van der Waals surface area contributed by atoms with Gasteiger partial charge in [0.1, 0.15) is 0 Å². The Morgan fingerprint density at radius 2 is 2.07 bits per heavy atom. The number of nitrogens with zero attached hydrogens (tertiary/aromatic N) is 1. The van der Waals surface area contributed by atoms with Gasteiger partial charge in [-0.3, -0.25) is 4.90 Å². The topological polar surface area (TPSA) is 29.3 Å². The normalized spacial score (nSPS) is 10.9. The van der Waals surface area contributed by atoms with Crippen LogP contribution in [0, 0.1) is 0 Å². The van der Waals surface area contributed by atoms with Crippen molar-refractivity contribution in [3.05, 3.63) is 28.8 Å². The van der Waals surface area contributed by atoms with Gasteiger partial charge in [0.05, 0.1) is 0 Å². The first-order chi connectivity index (χ1) is 7.17. The molecule has 0 unspecified atom stereocenters. The standard InChI is InChI=1S/C12H19ClN2/c1-3-7-15(4-2)9-10-5-6-11(13)8-12(10)14/h5-6,8H,3-4,7,9,14H2,1-2H3. The fourth-order valence-corrected chi connectivity index (χ4v) is 1.80. The molecule has 1 rings (SSSR count). The summed E-state index contributed by atoms with van der Waals surface area (Å²) in [4.78, 5) is 2.37. The van der Waals surface area contributed by atoms with Crippen molar-refractivity contribution in [1.29, 1.82) is 0 Å². The number of hydrogen-bond donors (Lipinski definition) is 1. The maximum atomic E-state index is 5.91. The molecule has 0 aliphatic heterocycles. The van der Waals surface area contributed by atoms with Gasteiger partial charge in [-0.05, 0) is 37.2 Å². The third kappa shape index (κ3) is 3.73. The molecule has 0 amide bonds. The first kappa shape index (κ1) is 12.3. The molecule has 0 aliphatic carbocycles. The molecule has 0 fully saturated rings. The third-order valence-electron chi connectivity index (χ3n) is 2.49. The fraction of sp³-hybridized carbons (Fsp3) is 0.500. The lowest BCUT2D eigenvalue weighted by molar-refractivity contribution is 0.281. The van der Waals surface area contributed by atoms with E-state index in [-0.39, 0.29) is 0 Å². The zero-order chi connectivity index (χ0) is 11.3. The molecule has 0 spiro atoms. The maximum Gasteiger partial charge on any atom is 0.0426 e. The summed E-state index contributed by atoms with van der Waals surface area (Å²) in [5.41, 5.74) is 7.86. The lowest BCUT2D eigenvalue weighted by Crippen LogP contribution is -2.24. The highest BCUT2D eigenvalue weighted by Gasteiger charge is 2.05. The van der Waals surface area contributed by atoms with Gasteiger partial charge in [-0.25, -0.2) is 0 Å². The molecule has 0 bridgehead atoms. The Hall–Kier alpha value is -0.730. The van der Waals surface area contributed by atoms with Crippen molar-refractivity contribution in [3.8, 4) is 0 Å². The van der Waals surface area contributed by atoms with Gasteiger partial charge < -0.3 is 5.73 Å². The molecule has 0 saturated heterocycles. The molecule has 0 saturated carbocycles. The van der Waals surface area contributed by atoms with Crippen molar-refractivity contribution >= 4 is 17.3 Å². The lowest BCUT2D eigenvalue weighted by Gasteiger charge is -2.20. The minimum Gasteiger partial charge on any atom is -0.398 e. The summed E-state index contributed by atoms with van der Waals surface area (Å²) in [7, 11) is 0. The Morgan fingerprint density at radius 3 is 2.60 bits per heavy atom. The van der Waals surface area contributed by atoms with Gasteiger partial charge >= 0.3 is 0 Å². The monoisotopic (exact) mass is 226 g/mol. The van der Waals surface area contributed by atoms with Gasteiger partial charge in [-0.1, -0.05) is 31.5 Å². The van der Waals surface area contributed by atoms with Crippen LogP contribution in [0.1, 0.15) is 25.8 Å². The maximum absolute atomic E-state index is 5.91. The zero-order valence-corrected chi connectivity index (χ0v) is 10.2. The second kappa shape index (κ2) is 5.99. The molecule has 3 heteroatoms. The average Bonchev–Trinajstić information content (AvgIpc) is 2.21. The molecule has 0 radical (unpaired) electrons. The van der Waals surface area contributed by atoms with Crippen LogP contribution in [0.15, 0.2) is 18.2 Å². The summed E-state index contributed by atoms with van der Waals surface area (Å²) < 4.78 is 0. The Balaban J connectivity index is 2.70. The SMILES string of the molecule is CCCN(CC)Cc1ccc(Cl)cc1N. The van der Waals surface area contributed by atoms with E-state index < -0.39 is 0 Å². The van der Waals surface area contributed by atoms with Crippen molar-refractivity contribution in [1.82, 2.24) is 4.90 Å². The summed E-state index contributed by atoms with van der Waals surface area (Å²) in [6.07, 6.45) is 1.17. The molecule has 0 heterocycles. The van der Waals surface area contributed by atoms with Gasteiger partial charge in [0, 0.05) is 17.3 Å². The van der Waals surface area contributed by atoms with E-state index in [1.807, 2.05) is 18.2 Å². The Labute approximate surface area is 97.0 Å². The van der Waals surface area contributed by atoms with Crippen LogP contribution in [0.4, 0.5) is 5.69 Å². The largest absolute Gasteiger partial charge is 0.398 e. The van der Waals surface area contributed by atoms with Gasteiger partial charge in [0.15, 0.2) is 0 Å². The minimum absolute atomic E-state index is 0.704. The molecule has 84 valence electrons. The molecular weight excluding hydrogens is 208 g/mol. The number of anilines is 1. The van der Waals surface area contributed by atoms with E-state index in [2.05, 4.69) is 18.7 Å². The summed E-state index contributed by atoms with van der Waals surface area (Å²) in [6.45, 7) is 7.43. The first-order valence-electron chi connectivity index (χ1n) is 5.43. The molecule has 1 aromatic rings. The predicted octanol–water partition coefficient (Wildman–Crippen LogP) is 3.15. The molecule has 15 heavy (non-hydrogen) atoms. The van der Waals surface area contributed by atoms with E-state index in [1.54, 1.807) is 0 Å². The third-order valence-corrected chi connectivity index (χ3v) is 2.72. The van der Waals surface area contributed by atoms with Gasteiger partial charge in [-0.2, -0.15) is 0 Å². The molecule has 2 nitrogen and oxygen atoms in total. The van der Waals surface area contributed by atoms with Gasteiger partial charge in [-0.15, -0.1) is 0 Å². The highest BCUT2D eigenvalue weighted by Crippen LogP contribution is 2.19. The Kier molecular flexibility index (Phi) is 4.92. The molecule has 0 atom stereocenters. The van der Waals surface area contributed by atoms with Crippen LogP contribution < -0.4 is 5.73 Å². The van der Waals surface area contributed by atoms with Crippen molar-refractivity contribution < 1.29 is 0 Å².